The summed E-state index contributed by atoms with van der Waals surface area (Å²) in [5.74, 6) is -0.229. The monoisotopic (exact) mass is 274 g/mol. The van der Waals surface area contributed by atoms with Crippen molar-refractivity contribution >= 4 is 11.8 Å². The fourth-order valence-electron chi connectivity index (χ4n) is 2.33. The molecule has 0 spiro atoms. The van der Waals surface area contributed by atoms with Crippen LogP contribution in [0, 0.1) is 0 Å². The van der Waals surface area contributed by atoms with E-state index in [1.165, 1.54) is 0 Å². The van der Waals surface area contributed by atoms with E-state index in [0.29, 0.717) is 6.54 Å². The molecule has 0 bridgehead atoms. The zero-order valence-electron chi connectivity index (χ0n) is 11.2. The third-order valence-corrected chi connectivity index (χ3v) is 3.62. The van der Waals surface area contributed by atoms with Crippen molar-refractivity contribution in [2.24, 2.45) is 0 Å². The van der Waals surface area contributed by atoms with Gasteiger partial charge in [-0.1, -0.05) is 30.3 Å². The predicted molar refractivity (Wildman–Crippen MR) is 72.8 cm³/mol. The molecule has 1 aromatic rings. The van der Waals surface area contributed by atoms with Gasteiger partial charge in [0.2, 0.25) is 11.8 Å². The second-order valence-electron chi connectivity index (χ2n) is 5.32. The van der Waals surface area contributed by atoms with Crippen LogP contribution in [0.2, 0.25) is 0 Å². The zero-order valence-corrected chi connectivity index (χ0v) is 11.2. The molecule has 0 unspecified atom stereocenters. The SMILES string of the molecule is O=C(NC1CC1)[C@@H]1COCC(=O)N1Cc1ccccc1. The largest absolute Gasteiger partial charge is 0.369 e. The van der Waals surface area contributed by atoms with Gasteiger partial charge < -0.3 is 15.0 Å². The number of rotatable bonds is 4. The van der Waals surface area contributed by atoms with Crippen molar-refractivity contribution in [3.63, 3.8) is 0 Å². The lowest BCUT2D eigenvalue weighted by Gasteiger charge is -2.34. The molecule has 2 aliphatic rings. The lowest BCUT2D eigenvalue weighted by molar-refractivity contribution is -0.155. The molecule has 3 rings (SSSR count). The molecule has 1 saturated carbocycles. The number of hydrogen-bond donors (Lipinski definition) is 1. The van der Waals surface area contributed by atoms with E-state index in [0.717, 1.165) is 18.4 Å². The summed E-state index contributed by atoms with van der Waals surface area (Å²) >= 11 is 0. The molecule has 2 fully saturated rings. The average Bonchev–Trinajstić information content (AvgIpc) is 3.26. The molecule has 1 atom stereocenters. The second kappa shape index (κ2) is 5.63. The van der Waals surface area contributed by atoms with Gasteiger partial charge in [0.15, 0.2) is 0 Å². The predicted octanol–water partition coefficient (Wildman–Crippen LogP) is 0.693. The van der Waals surface area contributed by atoms with Crippen molar-refractivity contribution in [3.8, 4) is 0 Å². The van der Waals surface area contributed by atoms with E-state index in [-0.39, 0.29) is 31.1 Å². The van der Waals surface area contributed by atoms with E-state index in [9.17, 15) is 9.59 Å². The van der Waals surface area contributed by atoms with Gasteiger partial charge in [-0.25, -0.2) is 0 Å². The Labute approximate surface area is 117 Å². The Kier molecular flexibility index (Phi) is 3.69. The molecule has 5 nitrogen and oxygen atoms in total. The summed E-state index contributed by atoms with van der Waals surface area (Å²) in [5.41, 5.74) is 1.02. The van der Waals surface area contributed by atoms with Gasteiger partial charge in [-0.05, 0) is 18.4 Å². The number of nitrogens with one attached hydrogen (secondary N) is 1. The molecule has 2 amide bonds. The first-order valence-electron chi connectivity index (χ1n) is 6.95. The lowest BCUT2D eigenvalue weighted by Crippen LogP contribution is -2.56. The molecule has 1 heterocycles. The number of ether oxygens (including phenoxy) is 1. The van der Waals surface area contributed by atoms with Crippen molar-refractivity contribution in [1.82, 2.24) is 10.2 Å². The molecular formula is C15H18N2O3. The maximum atomic E-state index is 12.2. The smallest absolute Gasteiger partial charge is 0.249 e. The van der Waals surface area contributed by atoms with Crippen LogP contribution in [0.1, 0.15) is 18.4 Å². The Morgan fingerprint density at radius 2 is 2.05 bits per heavy atom. The van der Waals surface area contributed by atoms with Gasteiger partial charge >= 0.3 is 0 Å². The van der Waals surface area contributed by atoms with E-state index in [2.05, 4.69) is 5.32 Å². The van der Waals surface area contributed by atoms with Crippen molar-refractivity contribution in [3.05, 3.63) is 35.9 Å². The summed E-state index contributed by atoms with van der Waals surface area (Å²) in [6.07, 6.45) is 2.07. The van der Waals surface area contributed by atoms with Gasteiger partial charge in [0.25, 0.3) is 0 Å². The summed E-state index contributed by atoms with van der Waals surface area (Å²) in [6, 6.07) is 9.48. The lowest BCUT2D eigenvalue weighted by atomic mass is 10.1. The molecule has 106 valence electrons. The van der Waals surface area contributed by atoms with Crippen LogP contribution in [-0.2, 0) is 20.9 Å². The molecule has 20 heavy (non-hydrogen) atoms. The standard InChI is InChI=1S/C15H18N2O3/c18-14-10-20-9-13(15(19)16-12-6-7-12)17(14)8-11-4-2-1-3-5-11/h1-5,12-13H,6-10H2,(H,16,19)/t13-/m0/s1. The Hall–Kier alpha value is -1.88. The van der Waals surface area contributed by atoms with Gasteiger partial charge in [-0.2, -0.15) is 0 Å². The number of hydrogen-bond acceptors (Lipinski definition) is 3. The molecule has 1 aliphatic carbocycles. The highest BCUT2D eigenvalue weighted by Crippen LogP contribution is 2.20. The van der Waals surface area contributed by atoms with Gasteiger partial charge in [0.05, 0.1) is 6.61 Å². The number of carbonyl (C=O) groups excluding carboxylic acids is 2. The molecule has 5 heteroatoms. The van der Waals surface area contributed by atoms with Crippen LogP contribution in [-0.4, -0.2) is 42.0 Å². The Morgan fingerprint density at radius 1 is 1.30 bits per heavy atom. The van der Waals surface area contributed by atoms with Gasteiger partial charge in [0.1, 0.15) is 12.6 Å². The van der Waals surface area contributed by atoms with Crippen LogP contribution in [0.3, 0.4) is 0 Å². The summed E-state index contributed by atoms with van der Waals surface area (Å²) in [7, 11) is 0. The van der Waals surface area contributed by atoms with Crippen LogP contribution >= 0.6 is 0 Å². The third kappa shape index (κ3) is 2.99. The number of benzene rings is 1. The molecule has 1 aliphatic heterocycles. The number of carbonyl (C=O) groups is 2. The fraction of sp³-hybridized carbons (Fsp3) is 0.467. The van der Waals surface area contributed by atoms with Crippen molar-refractivity contribution in [1.29, 1.82) is 0 Å². The maximum Gasteiger partial charge on any atom is 0.249 e. The summed E-state index contributed by atoms with van der Waals surface area (Å²) in [6.45, 7) is 0.781. The first-order valence-corrected chi connectivity index (χ1v) is 6.95. The molecular weight excluding hydrogens is 256 g/mol. The van der Waals surface area contributed by atoms with E-state index in [1.807, 2.05) is 30.3 Å². The van der Waals surface area contributed by atoms with E-state index in [4.69, 9.17) is 4.74 Å². The van der Waals surface area contributed by atoms with E-state index >= 15 is 0 Å². The van der Waals surface area contributed by atoms with Crippen molar-refractivity contribution < 1.29 is 14.3 Å². The highest BCUT2D eigenvalue weighted by atomic mass is 16.5. The first kappa shape index (κ1) is 13.1. The number of nitrogens with zero attached hydrogens (tertiary/aromatic N) is 1. The summed E-state index contributed by atoms with van der Waals surface area (Å²) in [5, 5.41) is 2.95. The topological polar surface area (TPSA) is 58.6 Å². The molecule has 0 radical (unpaired) electrons. The van der Waals surface area contributed by atoms with Crippen LogP contribution < -0.4 is 5.32 Å². The molecule has 1 N–H and O–H groups in total. The third-order valence-electron chi connectivity index (χ3n) is 3.62. The van der Waals surface area contributed by atoms with Crippen molar-refractivity contribution in [2.75, 3.05) is 13.2 Å². The second-order valence-corrected chi connectivity index (χ2v) is 5.32. The van der Waals surface area contributed by atoms with Gasteiger partial charge in [-0.15, -0.1) is 0 Å². The van der Waals surface area contributed by atoms with Crippen LogP contribution in [0.5, 0.6) is 0 Å². The normalized spacial score (nSPS) is 22.7. The fourth-order valence-corrected chi connectivity index (χ4v) is 2.33. The minimum Gasteiger partial charge on any atom is -0.369 e. The Balaban J connectivity index is 1.72. The van der Waals surface area contributed by atoms with Crippen LogP contribution in [0.15, 0.2) is 30.3 Å². The summed E-state index contributed by atoms with van der Waals surface area (Å²) < 4.78 is 5.23. The van der Waals surface area contributed by atoms with Crippen LogP contribution in [0.4, 0.5) is 0 Å². The molecule has 0 aromatic heterocycles. The van der Waals surface area contributed by atoms with Gasteiger partial charge in [-0.3, -0.25) is 9.59 Å². The molecule has 1 aromatic carbocycles. The van der Waals surface area contributed by atoms with Crippen molar-refractivity contribution in [2.45, 2.75) is 31.5 Å². The van der Waals surface area contributed by atoms with E-state index in [1.54, 1.807) is 4.90 Å². The highest BCUT2D eigenvalue weighted by Gasteiger charge is 2.36. The number of morpholine rings is 1. The Morgan fingerprint density at radius 3 is 2.75 bits per heavy atom. The highest BCUT2D eigenvalue weighted by molar-refractivity contribution is 5.89. The average molecular weight is 274 g/mol. The van der Waals surface area contributed by atoms with Gasteiger partial charge in [0, 0.05) is 12.6 Å². The summed E-state index contributed by atoms with van der Waals surface area (Å²) in [4.78, 5) is 25.9. The quantitative estimate of drug-likeness (QED) is 0.879. The minimum absolute atomic E-state index is 0.0556. The number of amides is 2. The zero-order chi connectivity index (χ0) is 13.9. The van der Waals surface area contributed by atoms with Crippen LogP contribution in [0.25, 0.3) is 0 Å². The molecule has 1 saturated heterocycles. The minimum atomic E-state index is -0.517. The van der Waals surface area contributed by atoms with E-state index < -0.39 is 6.04 Å². The Bertz CT molecular complexity index is 499. The first-order chi connectivity index (χ1) is 9.74. The maximum absolute atomic E-state index is 12.2.